The molecule has 222 valence electrons. The Labute approximate surface area is 244 Å². The molecule has 3 N–H and O–H groups in total. The predicted molar refractivity (Wildman–Crippen MR) is 158 cm³/mol. The highest BCUT2D eigenvalue weighted by molar-refractivity contribution is 7.89. The number of aromatic carboxylic acids is 1. The van der Waals surface area contributed by atoms with Crippen LogP contribution in [0.1, 0.15) is 38.1 Å². The summed E-state index contributed by atoms with van der Waals surface area (Å²) in [5.41, 5.74) is 2.24. The molecule has 2 heterocycles. The molecule has 0 unspecified atom stereocenters. The molecule has 2 aromatic heterocycles. The second-order valence-electron chi connectivity index (χ2n) is 10.1. The summed E-state index contributed by atoms with van der Waals surface area (Å²) in [6.45, 7) is 7.65. The van der Waals surface area contributed by atoms with Crippen molar-refractivity contribution in [1.82, 2.24) is 19.7 Å². The lowest BCUT2D eigenvalue weighted by atomic mass is 10.0. The highest BCUT2D eigenvalue weighted by Crippen LogP contribution is 2.37. The molecule has 13 heteroatoms. The molecule has 4 aromatic rings. The van der Waals surface area contributed by atoms with E-state index in [2.05, 4.69) is 25.0 Å². The number of methoxy groups -OCH3 is 2. The fraction of sp³-hybridized carbons (Fsp3) is 0.310. The first-order chi connectivity index (χ1) is 19.9. The third kappa shape index (κ3) is 6.86. The van der Waals surface area contributed by atoms with Crippen LogP contribution in [0, 0.1) is 5.92 Å². The van der Waals surface area contributed by atoms with Crippen molar-refractivity contribution in [2.75, 3.05) is 26.1 Å². The summed E-state index contributed by atoms with van der Waals surface area (Å²) < 4.78 is 45.8. The molecule has 12 nitrogen and oxygen atoms in total. The maximum atomic E-state index is 13.5. The Morgan fingerprint density at radius 3 is 2.40 bits per heavy atom. The maximum absolute atomic E-state index is 13.5. The molecule has 0 aliphatic carbocycles. The van der Waals surface area contributed by atoms with E-state index < -0.39 is 16.0 Å². The molecule has 0 aliphatic rings. The van der Waals surface area contributed by atoms with Gasteiger partial charge in [-0.2, -0.15) is 4.98 Å². The fourth-order valence-electron chi connectivity index (χ4n) is 4.11. The van der Waals surface area contributed by atoms with Crippen LogP contribution in [0.25, 0.3) is 22.0 Å². The number of ether oxygens (including phenoxy) is 3. The van der Waals surface area contributed by atoms with E-state index in [4.69, 9.17) is 14.2 Å². The third-order valence-electron chi connectivity index (χ3n) is 6.02. The van der Waals surface area contributed by atoms with E-state index in [1.165, 1.54) is 32.5 Å². The summed E-state index contributed by atoms with van der Waals surface area (Å²) in [6.07, 6.45) is 2.62. The number of fused-ring (bicyclic) bond motifs is 1. The number of benzene rings is 2. The Morgan fingerprint density at radius 1 is 1.00 bits per heavy atom. The Hall–Kier alpha value is -4.49. The smallest absolute Gasteiger partial charge is 0.335 e. The largest absolute Gasteiger partial charge is 0.491 e. The summed E-state index contributed by atoms with van der Waals surface area (Å²) >= 11 is 0. The minimum absolute atomic E-state index is 0.0229. The number of sulfonamides is 1. The molecule has 0 atom stereocenters. The number of nitrogens with one attached hydrogen (secondary N) is 2. The standard InChI is InChI=1S/C29H33N5O7S/c1-16(2)13-32-42(37,38)25-15-30-24-11-18(23-14-31-29(40-6)34-27(23)39-5)7-8-22(24)26(25)33-20-9-19(28(35)36)10-21(12-20)41-17(3)4/h7-12,14-17,32H,13H2,1-6H3,(H,30,33)(H,35,36). The molecular formula is C29H33N5O7S. The summed E-state index contributed by atoms with van der Waals surface area (Å²) in [6, 6.07) is 9.83. The monoisotopic (exact) mass is 595 g/mol. The first-order valence-electron chi connectivity index (χ1n) is 13.1. The Morgan fingerprint density at radius 2 is 1.76 bits per heavy atom. The van der Waals surface area contributed by atoms with Crippen LogP contribution in [0.3, 0.4) is 0 Å². The third-order valence-corrected chi connectivity index (χ3v) is 7.45. The van der Waals surface area contributed by atoms with Gasteiger partial charge in [0.1, 0.15) is 10.6 Å². The van der Waals surface area contributed by atoms with E-state index in [0.717, 1.165) is 0 Å². The van der Waals surface area contributed by atoms with Gasteiger partial charge in [0.15, 0.2) is 0 Å². The van der Waals surface area contributed by atoms with Gasteiger partial charge < -0.3 is 24.6 Å². The Bertz CT molecular complexity index is 1730. The van der Waals surface area contributed by atoms with Gasteiger partial charge in [0.05, 0.1) is 42.7 Å². The zero-order valence-corrected chi connectivity index (χ0v) is 24.9. The Kier molecular flexibility index (Phi) is 9.12. The lowest BCUT2D eigenvalue weighted by Gasteiger charge is -2.18. The van der Waals surface area contributed by atoms with Crippen LogP contribution in [0.5, 0.6) is 17.6 Å². The van der Waals surface area contributed by atoms with Gasteiger partial charge in [-0.1, -0.05) is 26.0 Å². The molecule has 0 bridgehead atoms. The van der Waals surface area contributed by atoms with E-state index in [1.54, 1.807) is 30.5 Å². The molecular weight excluding hydrogens is 562 g/mol. The van der Waals surface area contributed by atoms with Crippen molar-refractivity contribution >= 4 is 38.3 Å². The van der Waals surface area contributed by atoms with Crippen molar-refractivity contribution in [1.29, 1.82) is 0 Å². The van der Waals surface area contributed by atoms with E-state index in [9.17, 15) is 18.3 Å². The topological polar surface area (TPSA) is 162 Å². The number of carboxylic acid groups (broad SMARTS) is 1. The van der Waals surface area contributed by atoms with Gasteiger partial charge in [0.25, 0.3) is 0 Å². The first-order valence-corrected chi connectivity index (χ1v) is 14.6. The zero-order chi connectivity index (χ0) is 30.6. The molecule has 4 rings (SSSR count). The van der Waals surface area contributed by atoms with Crippen LogP contribution in [0.15, 0.2) is 53.7 Å². The molecule has 0 fully saturated rings. The van der Waals surface area contributed by atoms with Crippen LogP contribution < -0.4 is 24.2 Å². The lowest BCUT2D eigenvalue weighted by Crippen LogP contribution is -2.28. The molecule has 0 spiro atoms. The molecule has 0 aliphatic heterocycles. The van der Waals surface area contributed by atoms with E-state index in [-0.39, 0.29) is 40.7 Å². The average Bonchev–Trinajstić information content (AvgIpc) is 2.95. The number of hydrogen-bond acceptors (Lipinski definition) is 10. The van der Waals surface area contributed by atoms with Crippen LogP contribution in [0.4, 0.5) is 11.4 Å². The number of carbonyl (C=O) groups is 1. The van der Waals surface area contributed by atoms with Gasteiger partial charge in [0, 0.05) is 36.1 Å². The second-order valence-corrected chi connectivity index (χ2v) is 11.8. The van der Waals surface area contributed by atoms with Crippen LogP contribution in [-0.2, 0) is 10.0 Å². The molecule has 2 aromatic carbocycles. The Balaban J connectivity index is 1.90. The summed E-state index contributed by atoms with van der Waals surface area (Å²) in [5.74, 6) is -0.475. The fourth-order valence-corrected chi connectivity index (χ4v) is 5.44. The van der Waals surface area contributed by atoms with Gasteiger partial charge in [0.2, 0.25) is 15.9 Å². The molecule has 0 amide bonds. The van der Waals surface area contributed by atoms with Crippen molar-refractivity contribution in [3.05, 3.63) is 54.4 Å². The molecule has 0 radical (unpaired) electrons. The van der Waals surface area contributed by atoms with Gasteiger partial charge in [-0.15, -0.1) is 0 Å². The number of hydrogen-bond donors (Lipinski definition) is 3. The number of anilines is 2. The van der Waals surface area contributed by atoms with Crippen LogP contribution in [0.2, 0.25) is 0 Å². The summed E-state index contributed by atoms with van der Waals surface area (Å²) in [4.78, 5) is 24.7. The highest BCUT2D eigenvalue weighted by Gasteiger charge is 2.23. The number of nitrogens with zero attached hydrogens (tertiary/aromatic N) is 3. The minimum Gasteiger partial charge on any atom is -0.491 e. The maximum Gasteiger partial charge on any atom is 0.335 e. The highest BCUT2D eigenvalue weighted by atomic mass is 32.2. The SMILES string of the molecule is COc1ncc(-c2ccc3c(Nc4cc(OC(C)C)cc(C(=O)O)c4)c(S(=O)(=O)NCC(C)C)cnc3c2)c(OC)n1. The van der Waals surface area contributed by atoms with Crippen molar-refractivity contribution < 1.29 is 32.5 Å². The number of carboxylic acids is 1. The lowest BCUT2D eigenvalue weighted by molar-refractivity contribution is 0.0696. The molecule has 0 saturated carbocycles. The minimum atomic E-state index is -4.01. The average molecular weight is 596 g/mol. The van der Waals surface area contributed by atoms with Gasteiger partial charge in [-0.05, 0) is 43.5 Å². The van der Waals surface area contributed by atoms with Crippen molar-refractivity contribution in [3.63, 3.8) is 0 Å². The summed E-state index contributed by atoms with van der Waals surface area (Å²) in [7, 11) is -1.07. The normalized spacial score (nSPS) is 11.6. The molecule has 42 heavy (non-hydrogen) atoms. The number of aromatic nitrogens is 3. The van der Waals surface area contributed by atoms with Crippen molar-refractivity contribution in [2.24, 2.45) is 5.92 Å². The zero-order valence-electron chi connectivity index (χ0n) is 24.1. The van der Waals surface area contributed by atoms with E-state index >= 15 is 0 Å². The molecule has 0 saturated heterocycles. The van der Waals surface area contributed by atoms with E-state index in [1.807, 2.05) is 27.7 Å². The predicted octanol–water partition coefficient (Wildman–Crippen LogP) is 4.87. The van der Waals surface area contributed by atoms with Gasteiger partial charge in [-0.25, -0.2) is 22.9 Å². The van der Waals surface area contributed by atoms with Crippen LogP contribution >= 0.6 is 0 Å². The number of pyridine rings is 1. The second kappa shape index (κ2) is 12.6. The van der Waals surface area contributed by atoms with Crippen molar-refractivity contribution in [3.8, 4) is 28.8 Å². The quantitative estimate of drug-likeness (QED) is 0.205. The van der Waals surface area contributed by atoms with Crippen LogP contribution in [-0.4, -0.2) is 61.3 Å². The number of rotatable bonds is 12. The first kappa shape index (κ1) is 30.5. The summed E-state index contributed by atoms with van der Waals surface area (Å²) in [5, 5.41) is 13.3. The van der Waals surface area contributed by atoms with Crippen molar-refractivity contribution in [2.45, 2.75) is 38.7 Å². The van der Waals surface area contributed by atoms with Gasteiger partial charge in [-0.3, -0.25) is 4.98 Å². The van der Waals surface area contributed by atoms with E-state index in [0.29, 0.717) is 39.3 Å². The van der Waals surface area contributed by atoms with Gasteiger partial charge >= 0.3 is 12.0 Å².